The summed E-state index contributed by atoms with van der Waals surface area (Å²) in [6.07, 6.45) is 1.18. The summed E-state index contributed by atoms with van der Waals surface area (Å²) < 4.78 is 5.78. The van der Waals surface area contributed by atoms with Crippen molar-refractivity contribution in [3.63, 3.8) is 0 Å². The highest BCUT2D eigenvalue weighted by molar-refractivity contribution is 5.48. The van der Waals surface area contributed by atoms with Crippen molar-refractivity contribution in [3.05, 3.63) is 39.5 Å². The van der Waals surface area contributed by atoms with Crippen LogP contribution in [0.5, 0.6) is 0 Å². The minimum atomic E-state index is -0.102. The monoisotopic (exact) mass is 244 g/mol. The molecule has 0 aliphatic heterocycles. The van der Waals surface area contributed by atoms with E-state index in [1.807, 2.05) is 19.1 Å². The molecule has 1 N–H and O–H groups in total. The largest absolute Gasteiger partial charge is 0.458 e. The molecule has 0 spiro atoms. The van der Waals surface area contributed by atoms with Gasteiger partial charge in [0.05, 0.1) is 0 Å². The molecule has 2 unspecified atom stereocenters. The van der Waals surface area contributed by atoms with E-state index in [0.717, 1.165) is 11.5 Å². The molecule has 1 aliphatic carbocycles. The lowest BCUT2D eigenvalue weighted by atomic mass is 10.2. The van der Waals surface area contributed by atoms with Crippen LogP contribution < -0.4 is 5.56 Å². The molecule has 2 aromatic heterocycles. The van der Waals surface area contributed by atoms with Gasteiger partial charge in [-0.3, -0.25) is 4.79 Å². The Morgan fingerprint density at radius 3 is 2.72 bits per heavy atom. The first-order chi connectivity index (χ1) is 8.56. The molecule has 2 atom stereocenters. The smallest absolute Gasteiger partial charge is 0.254 e. The third kappa shape index (κ3) is 1.78. The number of hydrogen-bond acceptors (Lipinski definition) is 3. The fourth-order valence-electron chi connectivity index (χ4n) is 2.16. The van der Waals surface area contributed by atoms with Gasteiger partial charge in [0.2, 0.25) is 0 Å². The van der Waals surface area contributed by atoms with E-state index in [4.69, 9.17) is 4.42 Å². The molecule has 0 amide bonds. The second-order valence-corrected chi connectivity index (χ2v) is 5.15. The predicted octanol–water partition coefficient (Wildman–Crippen LogP) is 2.77. The summed E-state index contributed by atoms with van der Waals surface area (Å²) in [5.41, 5.74) is 1.29. The molecule has 1 aliphatic rings. The van der Waals surface area contributed by atoms with E-state index < -0.39 is 0 Å². The summed E-state index contributed by atoms with van der Waals surface area (Å²) >= 11 is 0. The van der Waals surface area contributed by atoms with Crippen LogP contribution in [-0.4, -0.2) is 9.97 Å². The number of furan rings is 1. The topological polar surface area (TPSA) is 58.9 Å². The first kappa shape index (κ1) is 11.3. The molecule has 1 fully saturated rings. The van der Waals surface area contributed by atoms with E-state index in [0.29, 0.717) is 29.0 Å². The number of nitrogens with zero attached hydrogens (tertiary/aromatic N) is 1. The predicted molar refractivity (Wildman–Crippen MR) is 68.6 cm³/mol. The molecule has 0 radical (unpaired) electrons. The van der Waals surface area contributed by atoms with Crippen molar-refractivity contribution in [1.29, 1.82) is 0 Å². The number of H-pyrrole nitrogens is 1. The molecule has 3 rings (SSSR count). The van der Waals surface area contributed by atoms with Crippen molar-refractivity contribution in [1.82, 2.24) is 9.97 Å². The van der Waals surface area contributed by atoms with Crippen molar-refractivity contribution >= 4 is 0 Å². The first-order valence-electron chi connectivity index (χ1n) is 6.24. The van der Waals surface area contributed by atoms with Crippen LogP contribution in [0.4, 0.5) is 0 Å². The normalized spacial score (nSPS) is 22.2. The molecule has 2 aromatic rings. The van der Waals surface area contributed by atoms with Gasteiger partial charge in [0, 0.05) is 17.2 Å². The number of nitrogens with one attached hydrogen (secondary N) is 1. The lowest BCUT2D eigenvalue weighted by Gasteiger charge is -2.01. The molecule has 1 saturated carbocycles. The van der Waals surface area contributed by atoms with Gasteiger partial charge >= 0.3 is 0 Å². The summed E-state index contributed by atoms with van der Waals surface area (Å²) in [6.45, 7) is 5.81. The standard InChI is InChI=1S/C14H16N2O2/c1-7-6-10(7)11-4-5-12(18-11)13-15-9(3)8(2)14(17)16-13/h4-5,7,10H,6H2,1-3H3,(H,15,16,17). The Balaban J connectivity index is 2.00. The molecule has 18 heavy (non-hydrogen) atoms. The van der Waals surface area contributed by atoms with Crippen LogP contribution in [0, 0.1) is 19.8 Å². The van der Waals surface area contributed by atoms with Crippen molar-refractivity contribution < 1.29 is 4.42 Å². The Labute approximate surface area is 105 Å². The van der Waals surface area contributed by atoms with Gasteiger partial charge in [-0.2, -0.15) is 0 Å². The third-order valence-electron chi connectivity index (χ3n) is 3.73. The molecule has 0 aromatic carbocycles. The van der Waals surface area contributed by atoms with Gasteiger partial charge in [0.1, 0.15) is 5.76 Å². The Morgan fingerprint density at radius 2 is 2.11 bits per heavy atom. The Bertz CT molecular complexity index is 654. The zero-order valence-corrected chi connectivity index (χ0v) is 10.8. The zero-order valence-electron chi connectivity index (χ0n) is 10.8. The van der Waals surface area contributed by atoms with Crippen molar-refractivity contribution in [3.8, 4) is 11.6 Å². The summed E-state index contributed by atoms with van der Waals surface area (Å²) in [5, 5.41) is 0. The number of aromatic amines is 1. The lowest BCUT2D eigenvalue weighted by Crippen LogP contribution is -2.14. The minimum Gasteiger partial charge on any atom is -0.458 e. The van der Waals surface area contributed by atoms with Gasteiger partial charge in [-0.1, -0.05) is 6.92 Å². The number of aryl methyl sites for hydroxylation is 1. The van der Waals surface area contributed by atoms with Gasteiger partial charge in [0.25, 0.3) is 5.56 Å². The van der Waals surface area contributed by atoms with Crippen LogP contribution in [0.25, 0.3) is 11.6 Å². The quantitative estimate of drug-likeness (QED) is 0.883. The molecular weight excluding hydrogens is 228 g/mol. The second kappa shape index (κ2) is 3.83. The van der Waals surface area contributed by atoms with E-state index in [9.17, 15) is 4.79 Å². The Morgan fingerprint density at radius 1 is 1.39 bits per heavy atom. The highest BCUT2D eigenvalue weighted by atomic mass is 16.3. The second-order valence-electron chi connectivity index (χ2n) is 5.15. The van der Waals surface area contributed by atoms with Crippen molar-refractivity contribution in [2.24, 2.45) is 5.92 Å². The van der Waals surface area contributed by atoms with Crippen LogP contribution in [0.3, 0.4) is 0 Å². The van der Waals surface area contributed by atoms with E-state index in [1.165, 1.54) is 6.42 Å². The molecule has 0 saturated heterocycles. The average Bonchev–Trinajstić information content (AvgIpc) is 2.89. The van der Waals surface area contributed by atoms with Gasteiger partial charge in [-0.25, -0.2) is 4.98 Å². The lowest BCUT2D eigenvalue weighted by molar-refractivity contribution is 0.514. The van der Waals surface area contributed by atoms with Crippen LogP contribution in [-0.2, 0) is 0 Å². The Kier molecular flexibility index (Phi) is 2.40. The van der Waals surface area contributed by atoms with Gasteiger partial charge in [-0.05, 0) is 38.3 Å². The molecular formula is C14H16N2O2. The highest BCUT2D eigenvalue weighted by Crippen LogP contribution is 2.47. The number of hydrogen-bond donors (Lipinski definition) is 1. The fourth-order valence-corrected chi connectivity index (χ4v) is 2.16. The van der Waals surface area contributed by atoms with Crippen molar-refractivity contribution in [2.75, 3.05) is 0 Å². The zero-order chi connectivity index (χ0) is 12.9. The number of rotatable bonds is 2. The molecule has 0 bridgehead atoms. The van der Waals surface area contributed by atoms with Crippen LogP contribution in [0.2, 0.25) is 0 Å². The average molecular weight is 244 g/mol. The molecule has 4 nitrogen and oxygen atoms in total. The summed E-state index contributed by atoms with van der Waals surface area (Å²) in [6, 6.07) is 3.87. The minimum absolute atomic E-state index is 0.102. The maximum absolute atomic E-state index is 11.7. The fraction of sp³-hybridized carbons (Fsp3) is 0.429. The maximum atomic E-state index is 11.7. The Hall–Kier alpha value is -1.84. The SMILES string of the molecule is Cc1nc(-c2ccc(C3CC3C)o2)[nH]c(=O)c1C. The summed E-state index contributed by atoms with van der Waals surface area (Å²) in [7, 11) is 0. The van der Waals surface area contributed by atoms with Gasteiger partial charge in [0.15, 0.2) is 11.6 Å². The molecule has 94 valence electrons. The highest BCUT2D eigenvalue weighted by Gasteiger charge is 2.36. The van der Waals surface area contributed by atoms with Crippen LogP contribution in [0.1, 0.15) is 36.3 Å². The first-order valence-corrected chi connectivity index (χ1v) is 6.24. The van der Waals surface area contributed by atoms with E-state index in [-0.39, 0.29) is 5.56 Å². The van der Waals surface area contributed by atoms with E-state index in [2.05, 4.69) is 16.9 Å². The summed E-state index contributed by atoms with van der Waals surface area (Å²) in [4.78, 5) is 18.8. The van der Waals surface area contributed by atoms with Gasteiger partial charge in [-0.15, -0.1) is 0 Å². The third-order valence-corrected chi connectivity index (χ3v) is 3.73. The number of aromatic nitrogens is 2. The molecule has 4 heteroatoms. The van der Waals surface area contributed by atoms with E-state index in [1.54, 1.807) is 6.92 Å². The van der Waals surface area contributed by atoms with E-state index >= 15 is 0 Å². The van der Waals surface area contributed by atoms with Crippen LogP contribution in [0.15, 0.2) is 21.3 Å². The summed E-state index contributed by atoms with van der Waals surface area (Å²) in [5.74, 6) is 3.40. The molecule has 2 heterocycles. The maximum Gasteiger partial charge on any atom is 0.254 e. The van der Waals surface area contributed by atoms with Crippen LogP contribution >= 0.6 is 0 Å². The van der Waals surface area contributed by atoms with Crippen molar-refractivity contribution in [2.45, 2.75) is 33.1 Å². The van der Waals surface area contributed by atoms with Gasteiger partial charge < -0.3 is 9.40 Å².